The molecular weight excluding hydrogens is 352 g/mol. The molecule has 1 heterocycles. The summed E-state index contributed by atoms with van der Waals surface area (Å²) >= 11 is 0. The summed E-state index contributed by atoms with van der Waals surface area (Å²) in [5, 5.41) is 2.97. The second-order valence-electron chi connectivity index (χ2n) is 8.90. The van der Waals surface area contributed by atoms with Crippen molar-refractivity contribution in [3.05, 3.63) is 47.5 Å². The van der Waals surface area contributed by atoms with E-state index >= 15 is 0 Å². The minimum absolute atomic E-state index is 0.0898. The molecule has 0 saturated carbocycles. The monoisotopic (exact) mass is 382 g/mol. The number of nitrogens with one attached hydrogen (secondary N) is 1. The number of benzene rings is 1. The topological polar surface area (TPSA) is 66.5 Å². The fraction of sp³-hybridized carbons (Fsp3) is 0.522. The molecule has 1 aliphatic carbocycles. The standard InChI is InChI=1S/C23H30N2O3/c1-15(16-9-11-17(12-10-16)23(2,3)4)24-20(26)13-14-25-21(27)18-7-5-6-8-19(18)22(25)28/h5-6,9-12,15,18-19H,7-8,13-14H2,1-4H3,(H,24,26)/t15-,18-,19+/m0/s1. The van der Waals surface area contributed by atoms with E-state index in [4.69, 9.17) is 0 Å². The Morgan fingerprint density at radius 1 is 1.07 bits per heavy atom. The smallest absolute Gasteiger partial charge is 0.233 e. The highest BCUT2D eigenvalue weighted by atomic mass is 16.2. The Morgan fingerprint density at radius 2 is 1.61 bits per heavy atom. The van der Waals surface area contributed by atoms with Crippen molar-refractivity contribution in [3.8, 4) is 0 Å². The highest BCUT2D eigenvalue weighted by Gasteiger charge is 2.46. The number of hydrogen-bond acceptors (Lipinski definition) is 3. The van der Waals surface area contributed by atoms with Crippen LogP contribution in [-0.2, 0) is 19.8 Å². The van der Waals surface area contributed by atoms with E-state index < -0.39 is 0 Å². The Bertz CT molecular complexity index is 763. The molecule has 5 heteroatoms. The lowest BCUT2D eigenvalue weighted by molar-refractivity contribution is -0.140. The largest absolute Gasteiger partial charge is 0.350 e. The predicted octanol–water partition coefficient (Wildman–Crippen LogP) is 3.50. The van der Waals surface area contributed by atoms with Gasteiger partial charge in [0.2, 0.25) is 17.7 Å². The second-order valence-corrected chi connectivity index (χ2v) is 8.90. The molecule has 2 aliphatic rings. The molecule has 3 amide bonds. The number of carbonyl (C=O) groups is 3. The van der Waals surface area contributed by atoms with Gasteiger partial charge >= 0.3 is 0 Å². The third-order valence-electron chi connectivity index (χ3n) is 5.82. The van der Waals surface area contributed by atoms with Crippen molar-refractivity contribution in [3.63, 3.8) is 0 Å². The summed E-state index contributed by atoms with van der Waals surface area (Å²) < 4.78 is 0. The Kier molecular flexibility index (Phi) is 5.73. The fourth-order valence-corrected chi connectivity index (χ4v) is 3.97. The van der Waals surface area contributed by atoms with Crippen LogP contribution >= 0.6 is 0 Å². The number of nitrogens with zero attached hydrogens (tertiary/aromatic N) is 1. The molecule has 1 N–H and O–H groups in total. The number of allylic oxidation sites excluding steroid dienone is 2. The first-order valence-corrected chi connectivity index (χ1v) is 10.1. The van der Waals surface area contributed by atoms with Gasteiger partial charge in [-0.15, -0.1) is 0 Å². The number of fused-ring (bicyclic) bond motifs is 1. The van der Waals surface area contributed by atoms with E-state index in [0.717, 1.165) is 5.56 Å². The van der Waals surface area contributed by atoms with Gasteiger partial charge in [-0.1, -0.05) is 57.2 Å². The number of hydrogen-bond donors (Lipinski definition) is 1. The van der Waals surface area contributed by atoms with Gasteiger partial charge in [0.15, 0.2) is 0 Å². The first kappa shape index (κ1) is 20.3. The lowest BCUT2D eigenvalue weighted by Crippen LogP contribution is -2.36. The molecule has 3 atom stereocenters. The van der Waals surface area contributed by atoms with Gasteiger partial charge in [0.1, 0.15) is 0 Å². The Balaban J connectivity index is 1.53. The van der Waals surface area contributed by atoms with Gasteiger partial charge in [0, 0.05) is 13.0 Å². The first-order valence-electron chi connectivity index (χ1n) is 10.1. The Morgan fingerprint density at radius 3 is 2.11 bits per heavy atom. The third kappa shape index (κ3) is 4.18. The highest BCUT2D eigenvalue weighted by Crippen LogP contribution is 2.35. The first-order chi connectivity index (χ1) is 13.2. The van der Waals surface area contributed by atoms with Crippen molar-refractivity contribution in [2.24, 2.45) is 11.8 Å². The number of amides is 3. The van der Waals surface area contributed by atoms with Crippen LogP contribution in [0.25, 0.3) is 0 Å². The van der Waals surface area contributed by atoms with Crippen LogP contribution in [0, 0.1) is 11.8 Å². The molecule has 28 heavy (non-hydrogen) atoms. The lowest BCUT2D eigenvalue weighted by atomic mass is 9.85. The second kappa shape index (κ2) is 7.90. The van der Waals surface area contributed by atoms with E-state index in [0.29, 0.717) is 12.8 Å². The van der Waals surface area contributed by atoms with Crippen molar-refractivity contribution in [2.75, 3.05) is 6.54 Å². The van der Waals surface area contributed by atoms with Gasteiger partial charge in [-0.2, -0.15) is 0 Å². The third-order valence-corrected chi connectivity index (χ3v) is 5.82. The lowest BCUT2D eigenvalue weighted by Gasteiger charge is -2.21. The zero-order valence-corrected chi connectivity index (χ0v) is 17.2. The summed E-state index contributed by atoms with van der Waals surface area (Å²) in [4.78, 5) is 38.6. The molecule has 1 aromatic rings. The number of imide groups is 1. The van der Waals surface area contributed by atoms with Gasteiger partial charge < -0.3 is 5.32 Å². The van der Waals surface area contributed by atoms with Crippen molar-refractivity contribution >= 4 is 17.7 Å². The summed E-state index contributed by atoms with van der Waals surface area (Å²) in [5.74, 6) is -0.876. The van der Waals surface area contributed by atoms with E-state index in [-0.39, 0.29) is 54.0 Å². The zero-order chi connectivity index (χ0) is 20.5. The van der Waals surface area contributed by atoms with Crippen LogP contribution < -0.4 is 5.32 Å². The maximum Gasteiger partial charge on any atom is 0.233 e. The number of likely N-dealkylation sites (tertiary alicyclic amines) is 1. The summed E-state index contributed by atoms with van der Waals surface area (Å²) in [6, 6.07) is 8.14. The molecule has 3 rings (SSSR count). The number of rotatable bonds is 5. The maximum absolute atomic E-state index is 12.5. The van der Waals surface area contributed by atoms with E-state index in [1.165, 1.54) is 10.5 Å². The fourth-order valence-electron chi connectivity index (χ4n) is 3.97. The predicted molar refractivity (Wildman–Crippen MR) is 108 cm³/mol. The molecule has 0 spiro atoms. The van der Waals surface area contributed by atoms with E-state index in [1.807, 2.05) is 31.2 Å². The van der Waals surface area contributed by atoms with Gasteiger partial charge in [-0.3, -0.25) is 19.3 Å². The maximum atomic E-state index is 12.5. The van der Waals surface area contributed by atoms with E-state index in [1.54, 1.807) is 0 Å². The highest BCUT2D eigenvalue weighted by molar-refractivity contribution is 6.05. The van der Waals surface area contributed by atoms with E-state index in [2.05, 4.69) is 38.2 Å². The molecule has 0 radical (unpaired) electrons. The van der Waals surface area contributed by atoms with Crippen molar-refractivity contribution in [2.45, 2.75) is 58.4 Å². The molecule has 5 nitrogen and oxygen atoms in total. The zero-order valence-electron chi connectivity index (χ0n) is 17.2. The normalized spacial score (nSPS) is 22.9. The van der Waals surface area contributed by atoms with Crippen molar-refractivity contribution in [1.82, 2.24) is 10.2 Å². The molecule has 1 aliphatic heterocycles. The summed E-state index contributed by atoms with van der Waals surface area (Å²) in [6.07, 6.45) is 5.32. The molecule has 0 aromatic heterocycles. The van der Waals surface area contributed by atoms with Crippen LogP contribution in [0.15, 0.2) is 36.4 Å². The van der Waals surface area contributed by atoms with Crippen LogP contribution in [0.3, 0.4) is 0 Å². The molecule has 1 saturated heterocycles. The molecule has 0 unspecified atom stereocenters. The quantitative estimate of drug-likeness (QED) is 0.626. The Labute approximate surface area is 167 Å². The summed E-state index contributed by atoms with van der Waals surface area (Å²) in [7, 11) is 0. The van der Waals surface area contributed by atoms with Gasteiger partial charge in [0.25, 0.3) is 0 Å². The van der Waals surface area contributed by atoms with Gasteiger partial charge in [-0.25, -0.2) is 0 Å². The SMILES string of the molecule is C[C@H](NC(=O)CCN1C(=O)[C@H]2CC=CC[C@H]2C1=O)c1ccc(C(C)(C)C)cc1. The molecule has 1 fully saturated rings. The van der Waals surface area contributed by atoms with Crippen molar-refractivity contribution < 1.29 is 14.4 Å². The molecule has 0 bridgehead atoms. The average molecular weight is 383 g/mol. The van der Waals surface area contributed by atoms with E-state index in [9.17, 15) is 14.4 Å². The van der Waals surface area contributed by atoms with Gasteiger partial charge in [-0.05, 0) is 36.3 Å². The summed E-state index contributed by atoms with van der Waals surface area (Å²) in [5.41, 5.74) is 2.37. The number of carbonyl (C=O) groups excluding carboxylic acids is 3. The Hall–Kier alpha value is -2.43. The van der Waals surface area contributed by atoms with Crippen LogP contribution in [0.2, 0.25) is 0 Å². The van der Waals surface area contributed by atoms with Crippen molar-refractivity contribution in [1.29, 1.82) is 0 Å². The van der Waals surface area contributed by atoms with Crippen LogP contribution in [0.5, 0.6) is 0 Å². The minimum atomic E-state index is -0.235. The van der Waals surface area contributed by atoms with Crippen LogP contribution in [0.4, 0.5) is 0 Å². The van der Waals surface area contributed by atoms with Gasteiger partial charge in [0.05, 0.1) is 17.9 Å². The molecular formula is C23H30N2O3. The summed E-state index contributed by atoms with van der Waals surface area (Å²) in [6.45, 7) is 8.60. The average Bonchev–Trinajstić information content (AvgIpc) is 2.90. The van der Waals surface area contributed by atoms with Crippen LogP contribution in [0.1, 0.15) is 64.1 Å². The van der Waals surface area contributed by atoms with Crippen LogP contribution in [-0.4, -0.2) is 29.2 Å². The molecule has 150 valence electrons. The minimum Gasteiger partial charge on any atom is -0.350 e. The molecule has 1 aromatic carbocycles.